The molecular weight excluding hydrogens is 266 g/mol. The van der Waals surface area contributed by atoms with Crippen molar-refractivity contribution in [2.24, 2.45) is 0 Å². The number of aromatic nitrogens is 4. The number of aryl methyl sites for hydroxylation is 1. The lowest BCUT2D eigenvalue weighted by Gasteiger charge is -2.03. The van der Waals surface area contributed by atoms with Crippen LogP contribution in [0.25, 0.3) is 0 Å². The number of aromatic amines is 1. The predicted octanol–water partition coefficient (Wildman–Crippen LogP) is 0.962. The van der Waals surface area contributed by atoms with Gasteiger partial charge in [0.1, 0.15) is 5.82 Å². The van der Waals surface area contributed by atoms with Gasteiger partial charge < -0.3 is 4.98 Å². The minimum Gasteiger partial charge on any atom is -0.332 e. The number of sulfonamides is 1. The van der Waals surface area contributed by atoms with Gasteiger partial charge in [-0.2, -0.15) is 8.42 Å². The first-order valence-corrected chi connectivity index (χ1v) is 6.37. The summed E-state index contributed by atoms with van der Waals surface area (Å²) in [5.41, 5.74) is 0. The van der Waals surface area contributed by atoms with Crippen molar-refractivity contribution in [3.05, 3.63) is 29.3 Å². The zero-order chi connectivity index (χ0) is 12.5. The Kier molecular flexibility index (Phi) is 2.99. The van der Waals surface area contributed by atoms with E-state index in [4.69, 9.17) is 11.6 Å². The van der Waals surface area contributed by atoms with E-state index in [0.717, 1.165) is 0 Å². The average molecular weight is 274 g/mol. The third kappa shape index (κ3) is 2.71. The topological polar surface area (TPSA) is 101 Å². The van der Waals surface area contributed by atoms with E-state index >= 15 is 0 Å². The van der Waals surface area contributed by atoms with Gasteiger partial charge in [0.05, 0.1) is 6.20 Å². The first-order chi connectivity index (χ1) is 7.97. The molecule has 0 unspecified atom stereocenters. The summed E-state index contributed by atoms with van der Waals surface area (Å²) in [5.74, 6) is 0.592. The summed E-state index contributed by atoms with van der Waals surface area (Å²) in [6.45, 7) is 1.65. The number of H-pyrrole nitrogens is 1. The molecular formula is C8H8ClN5O2S. The first kappa shape index (κ1) is 11.8. The standard InChI is InChI=1S/C8H8ClN5O2S/c1-5-10-4-8(11-5)17(15,16)14-7-3-2-6(9)12-13-7/h2-4H,1H3,(H,10,11)(H,13,14). The van der Waals surface area contributed by atoms with Gasteiger partial charge in [-0.1, -0.05) is 11.6 Å². The largest absolute Gasteiger partial charge is 0.332 e. The van der Waals surface area contributed by atoms with E-state index < -0.39 is 10.0 Å². The summed E-state index contributed by atoms with van der Waals surface area (Å²) in [6, 6.07) is 2.85. The number of imidazole rings is 1. The molecule has 2 aromatic heterocycles. The van der Waals surface area contributed by atoms with E-state index in [2.05, 4.69) is 24.9 Å². The van der Waals surface area contributed by atoms with Gasteiger partial charge in [0.25, 0.3) is 10.0 Å². The Morgan fingerprint density at radius 2 is 2.12 bits per heavy atom. The summed E-state index contributed by atoms with van der Waals surface area (Å²) < 4.78 is 25.9. The molecule has 2 rings (SSSR count). The van der Waals surface area contributed by atoms with Gasteiger partial charge in [-0.05, 0) is 19.1 Å². The Hall–Kier alpha value is -1.67. The highest BCUT2D eigenvalue weighted by Crippen LogP contribution is 2.12. The van der Waals surface area contributed by atoms with E-state index in [1.54, 1.807) is 6.92 Å². The quantitative estimate of drug-likeness (QED) is 0.867. The molecule has 0 atom stereocenters. The van der Waals surface area contributed by atoms with E-state index in [-0.39, 0.29) is 16.0 Å². The lowest BCUT2D eigenvalue weighted by molar-refractivity contribution is 0.597. The number of rotatable bonds is 3. The molecule has 0 fully saturated rings. The van der Waals surface area contributed by atoms with Gasteiger partial charge in [-0.15, -0.1) is 10.2 Å². The fraction of sp³-hybridized carbons (Fsp3) is 0.125. The van der Waals surface area contributed by atoms with Crippen molar-refractivity contribution in [2.45, 2.75) is 11.9 Å². The van der Waals surface area contributed by atoms with Crippen molar-refractivity contribution in [1.82, 2.24) is 20.2 Å². The summed E-state index contributed by atoms with van der Waals surface area (Å²) in [4.78, 5) is 6.42. The molecule has 2 aromatic rings. The van der Waals surface area contributed by atoms with Gasteiger partial charge in [0.15, 0.2) is 16.0 Å². The number of nitrogens with one attached hydrogen (secondary N) is 2. The fourth-order valence-corrected chi connectivity index (χ4v) is 2.17. The minimum absolute atomic E-state index is 0.0354. The number of halogens is 1. The van der Waals surface area contributed by atoms with Crippen LogP contribution in [0, 0.1) is 6.92 Å². The molecule has 0 aliphatic rings. The molecule has 0 saturated carbocycles. The number of hydrogen-bond acceptors (Lipinski definition) is 5. The Labute approximate surface area is 102 Å². The molecule has 2 N–H and O–H groups in total. The SMILES string of the molecule is Cc1ncc(S(=O)(=O)Nc2ccc(Cl)nn2)[nH]1. The lowest BCUT2D eigenvalue weighted by Crippen LogP contribution is -2.14. The van der Waals surface area contributed by atoms with Gasteiger partial charge in [-0.3, -0.25) is 4.72 Å². The van der Waals surface area contributed by atoms with Crippen molar-refractivity contribution in [3.63, 3.8) is 0 Å². The van der Waals surface area contributed by atoms with Crippen molar-refractivity contribution in [2.75, 3.05) is 4.72 Å². The van der Waals surface area contributed by atoms with Crippen LogP contribution < -0.4 is 4.72 Å². The van der Waals surface area contributed by atoms with Crippen molar-refractivity contribution >= 4 is 27.4 Å². The maximum atomic E-state index is 11.8. The molecule has 7 nitrogen and oxygen atoms in total. The predicted molar refractivity (Wildman–Crippen MR) is 61.2 cm³/mol. The van der Waals surface area contributed by atoms with Crippen LogP contribution in [0.15, 0.2) is 23.4 Å². The average Bonchev–Trinajstić information content (AvgIpc) is 2.69. The van der Waals surface area contributed by atoms with E-state index in [1.807, 2.05) is 0 Å². The molecule has 0 radical (unpaired) electrons. The molecule has 0 amide bonds. The second-order valence-corrected chi connectivity index (χ2v) is 5.22. The highest BCUT2D eigenvalue weighted by atomic mass is 35.5. The van der Waals surface area contributed by atoms with Gasteiger partial charge in [0, 0.05) is 0 Å². The third-order valence-corrected chi connectivity index (χ3v) is 3.31. The van der Waals surface area contributed by atoms with Crippen LogP contribution in [0.1, 0.15) is 5.82 Å². The molecule has 0 spiro atoms. The lowest BCUT2D eigenvalue weighted by atomic mass is 10.5. The summed E-state index contributed by atoms with van der Waals surface area (Å²) in [7, 11) is -3.72. The Balaban J connectivity index is 2.26. The monoisotopic (exact) mass is 273 g/mol. The number of nitrogens with zero attached hydrogens (tertiary/aromatic N) is 3. The Morgan fingerprint density at radius 1 is 1.35 bits per heavy atom. The molecule has 9 heteroatoms. The normalized spacial score (nSPS) is 11.4. The van der Waals surface area contributed by atoms with Crippen LogP contribution in [-0.4, -0.2) is 28.6 Å². The molecule has 0 aliphatic heterocycles. The van der Waals surface area contributed by atoms with Gasteiger partial charge in [0.2, 0.25) is 0 Å². The zero-order valence-corrected chi connectivity index (χ0v) is 10.2. The summed E-state index contributed by atoms with van der Waals surface area (Å²) in [6.07, 6.45) is 1.22. The van der Waals surface area contributed by atoms with E-state index in [9.17, 15) is 8.42 Å². The van der Waals surface area contributed by atoms with Crippen molar-refractivity contribution < 1.29 is 8.42 Å². The summed E-state index contributed by atoms with van der Waals surface area (Å²) in [5, 5.41) is 7.26. The fourth-order valence-electron chi connectivity index (χ4n) is 1.10. The van der Waals surface area contributed by atoms with Crippen LogP contribution in [0.3, 0.4) is 0 Å². The van der Waals surface area contributed by atoms with Crippen LogP contribution in [-0.2, 0) is 10.0 Å². The van der Waals surface area contributed by atoms with Gasteiger partial charge >= 0.3 is 0 Å². The molecule has 0 saturated heterocycles. The second kappa shape index (κ2) is 4.30. The van der Waals surface area contributed by atoms with Crippen LogP contribution in [0.5, 0.6) is 0 Å². The number of hydrogen-bond donors (Lipinski definition) is 2. The molecule has 0 bridgehead atoms. The molecule has 0 aliphatic carbocycles. The smallest absolute Gasteiger partial charge is 0.280 e. The van der Waals surface area contributed by atoms with Crippen molar-refractivity contribution in [3.8, 4) is 0 Å². The van der Waals surface area contributed by atoms with Crippen LogP contribution in [0.4, 0.5) is 5.82 Å². The molecule has 2 heterocycles. The van der Waals surface area contributed by atoms with Gasteiger partial charge in [-0.25, -0.2) is 4.98 Å². The maximum Gasteiger partial charge on any atom is 0.280 e. The molecule has 0 aromatic carbocycles. The first-order valence-electron chi connectivity index (χ1n) is 4.51. The van der Waals surface area contributed by atoms with Crippen molar-refractivity contribution in [1.29, 1.82) is 0 Å². The maximum absolute atomic E-state index is 11.8. The third-order valence-electron chi connectivity index (χ3n) is 1.84. The number of anilines is 1. The zero-order valence-electron chi connectivity index (χ0n) is 8.68. The summed E-state index contributed by atoms with van der Waals surface area (Å²) >= 11 is 5.54. The molecule has 17 heavy (non-hydrogen) atoms. The Bertz CT molecular complexity index is 622. The highest BCUT2D eigenvalue weighted by Gasteiger charge is 2.17. The highest BCUT2D eigenvalue weighted by molar-refractivity contribution is 7.92. The van der Waals surface area contributed by atoms with Crippen LogP contribution in [0.2, 0.25) is 5.15 Å². The minimum atomic E-state index is -3.72. The van der Waals surface area contributed by atoms with E-state index in [0.29, 0.717) is 5.82 Å². The molecule has 90 valence electrons. The Morgan fingerprint density at radius 3 is 2.65 bits per heavy atom. The van der Waals surface area contributed by atoms with Crippen LogP contribution >= 0.6 is 11.6 Å². The second-order valence-electron chi connectivity index (χ2n) is 3.18. The van der Waals surface area contributed by atoms with E-state index in [1.165, 1.54) is 18.3 Å².